The van der Waals surface area contributed by atoms with Gasteiger partial charge in [-0.2, -0.15) is 0 Å². The zero-order chi connectivity index (χ0) is 17.9. The number of carbonyl (C=O) groups excluding carboxylic acids is 2. The second kappa shape index (κ2) is 6.80. The van der Waals surface area contributed by atoms with Gasteiger partial charge in [-0.3, -0.25) is 19.1 Å². The monoisotopic (exact) mass is 343 g/mol. The van der Waals surface area contributed by atoms with Gasteiger partial charge in [0.25, 0.3) is 0 Å². The number of aromatic nitrogens is 2. The summed E-state index contributed by atoms with van der Waals surface area (Å²) in [6.07, 6.45) is 3.70. The van der Waals surface area contributed by atoms with Crippen LogP contribution >= 0.6 is 0 Å². The minimum atomic E-state index is -0.201. The number of pyridine rings is 1. The molecule has 1 amide bonds. The molecule has 26 heavy (non-hydrogen) atoms. The molecule has 0 saturated heterocycles. The summed E-state index contributed by atoms with van der Waals surface area (Å²) in [6, 6.07) is 19.0. The Hall–Kier alpha value is -3.47. The number of nitrogens with zero attached hydrogens (tertiary/aromatic N) is 2. The third-order valence-corrected chi connectivity index (χ3v) is 4.34. The minimum Gasteiger partial charge on any atom is -0.324 e. The quantitative estimate of drug-likeness (QED) is 0.602. The van der Waals surface area contributed by atoms with E-state index in [-0.39, 0.29) is 24.7 Å². The summed E-state index contributed by atoms with van der Waals surface area (Å²) in [5.41, 5.74) is 2.26. The summed E-state index contributed by atoms with van der Waals surface area (Å²) in [4.78, 5) is 29.1. The van der Waals surface area contributed by atoms with Gasteiger partial charge in [0.2, 0.25) is 11.8 Å². The Morgan fingerprint density at radius 2 is 1.69 bits per heavy atom. The maximum absolute atomic E-state index is 12.5. The van der Waals surface area contributed by atoms with Crippen molar-refractivity contribution < 1.29 is 9.59 Å². The van der Waals surface area contributed by atoms with Crippen LogP contribution in [0.1, 0.15) is 17.6 Å². The first-order chi connectivity index (χ1) is 12.7. The lowest BCUT2D eigenvalue weighted by Gasteiger charge is -2.08. The fourth-order valence-corrected chi connectivity index (χ4v) is 3.06. The molecule has 5 nitrogen and oxygen atoms in total. The van der Waals surface area contributed by atoms with Crippen LogP contribution in [-0.4, -0.2) is 21.4 Å². The van der Waals surface area contributed by atoms with Crippen LogP contribution in [0, 0.1) is 0 Å². The van der Waals surface area contributed by atoms with Crippen molar-refractivity contribution in [1.29, 1.82) is 0 Å². The number of fused-ring (bicyclic) bond motifs is 2. The molecular weight excluding hydrogens is 326 g/mol. The van der Waals surface area contributed by atoms with E-state index in [0.29, 0.717) is 5.69 Å². The number of nitrogens with one attached hydrogen (secondary N) is 1. The molecule has 0 unspecified atom stereocenters. The Kier molecular flexibility index (Phi) is 4.19. The molecule has 0 aliphatic carbocycles. The fourth-order valence-electron chi connectivity index (χ4n) is 3.06. The van der Waals surface area contributed by atoms with Gasteiger partial charge in [0, 0.05) is 36.0 Å². The summed E-state index contributed by atoms with van der Waals surface area (Å²) in [5, 5.41) is 4.82. The molecule has 0 aliphatic heterocycles. The van der Waals surface area contributed by atoms with E-state index in [1.807, 2.05) is 60.7 Å². The van der Waals surface area contributed by atoms with Crippen LogP contribution in [-0.2, 0) is 4.79 Å². The first-order valence-corrected chi connectivity index (χ1v) is 8.45. The van der Waals surface area contributed by atoms with Gasteiger partial charge >= 0.3 is 0 Å². The molecule has 4 aromatic rings. The highest BCUT2D eigenvalue weighted by atomic mass is 16.2. The van der Waals surface area contributed by atoms with E-state index in [1.165, 1.54) is 0 Å². The smallest absolute Gasteiger partial charge is 0.231 e. The molecule has 128 valence electrons. The van der Waals surface area contributed by atoms with Crippen LogP contribution in [0.25, 0.3) is 21.8 Å². The Morgan fingerprint density at radius 3 is 2.62 bits per heavy atom. The number of carbonyl (C=O) groups is 2. The third-order valence-electron chi connectivity index (χ3n) is 4.34. The van der Waals surface area contributed by atoms with Crippen LogP contribution in [0.4, 0.5) is 5.69 Å². The van der Waals surface area contributed by atoms with Crippen LogP contribution in [0.5, 0.6) is 0 Å². The van der Waals surface area contributed by atoms with E-state index in [1.54, 1.807) is 17.0 Å². The van der Waals surface area contributed by atoms with Gasteiger partial charge in [0.05, 0.1) is 16.7 Å². The molecule has 0 bridgehead atoms. The highest BCUT2D eigenvalue weighted by Crippen LogP contribution is 2.21. The molecule has 2 heterocycles. The van der Waals surface area contributed by atoms with Crippen LogP contribution in [0.15, 0.2) is 73.1 Å². The second-order valence-corrected chi connectivity index (χ2v) is 6.07. The minimum absolute atomic E-state index is 0.0996. The third kappa shape index (κ3) is 3.07. The molecule has 4 rings (SSSR count). The molecule has 0 spiro atoms. The van der Waals surface area contributed by atoms with E-state index in [4.69, 9.17) is 0 Å². The lowest BCUT2D eigenvalue weighted by atomic mass is 10.2. The van der Waals surface area contributed by atoms with Gasteiger partial charge in [-0.15, -0.1) is 0 Å². The largest absolute Gasteiger partial charge is 0.324 e. The van der Waals surface area contributed by atoms with E-state index in [0.717, 1.165) is 21.8 Å². The van der Waals surface area contributed by atoms with Gasteiger partial charge in [0.1, 0.15) is 0 Å². The van der Waals surface area contributed by atoms with Crippen LogP contribution < -0.4 is 5.32 Å². The second-order valence-electron chi connectivity index (χ2n) is 6.07. The van der Waals surface area contributed by atoms with Crippen molar-refractivity contribution in [3.05, 3.63) is 73.1 Å². The van der Waals surface area contributed by atoms with Gasteiger partial charge in [-0.1, -0.05) is 36.4 Å². The van der Waals surface area contributed by atoms with E-state index in [9.17, 15) is 9.59 Å². The van der Waals surface area contributed by atoms with Gasteiger partial charge in [-0.05, 0) is 24.3 Å². The zero-order valence-corrected chi connectivity index (χ0v) is 14.1. The standard InChI is InChI=1S/C21H17N3O2/c25-19(23-17-8-3-6-16-7-4-13-22-21(16)17)10-11-20(26)24-14-12-15-5-1-2-9-18(15)24/h1-9,12-14H,10-11H2,(H,23,25). The molecule has 0 fully saturated rings. The highest BCUT2D eigenvalue weighted by Gasteiger charge is 2.12. The van der Waals surface area contributed by atoms with Gasteiger partial charge < -0.3 is 5.32 Å². The van der Waals surface area contributed by atoms with Crippen molar-refractivity contribution in [2.75, 3.05) is 5.32 Å². The van der Waals surface area contributed by atoms with Crippen molar-refractivity contribution in [3.8, 4) is 0 Å². The van der Waals surface area contributed by atoms with E-state index < -0.39 is 0 Å². The highest BCUT2D eigenvalue weighted by molar-refractivity contribution is 6.01. The predicted octanol–water partition coefficient (Wildman–Crippen LogP) is 4.25. The summed E-state index contributed by atoms with van der Waals surface area (Å²) in [7, 11) is 0. The fraction of sp³-hybridized carbons (Fsp3) is 0.0952. The van der Waals surface area contributed by atoms with Crippen molar-refractivity contribution >= 4 is 39.3 Å². The lowest BCUT2D eigenvalue weighted by molar-refractivity contribution is -0.116. The maximum Gasteiger partial charge on any atom is 0.231 e. The maximum atomic E-state index is 12.5. The molecule has 0 aliphatic rings. The SMILES string of the molecule is O=C(CCC(=O)n1ccc2ccccc21)Nc1cccc2cccnc12. The van der Waals surface area contributed by atoms with Crippen molar-refractivity contribution in [2.45, 2.75) is 12.8 Å². The average molecular weight is 343 g/mol. The Bertz CT molecular complexity index is 1110. The van der Waals surface area contributed by atoms with Gasteiger partial charge in [0.15, 0.2) is 0 Å². The summed E-state index contributed by atoms with van der Waals surface area (Å²) < 4.78 is 1.60. The van der Waals surface area contributed by atoms with E-state index >= 15 is 0 Å². The molecule has 0 radical (unpaired) electrons. The molecule has 0 saturated carbocycles. The average Bonchev–Trinajstić information content (AvgIpc) is 3.11. The van der Waals surface area contributed by atoms with Gasteiger partial charge in [-0.25, -0.2) is 0 Å². The Balaban J connectivity index is 1.44. The molecule has 5 heteroatoms. The molecule has 1 N–H and O–H groups in total. The van der Waals surface area contributed by atoms with Crippen LogP contribution in [0.3, 0.4) is 0 Å². The number of rotatable bonds is 4. The summed E-state index contributed by atoms with van der Waals surface area (Å²) in [6.45, 7) is 0. The molecule has 2 aromatic carbocycles. The Morgan fingerprint density at radius 1 is 0.885 bits per heavy atom. The molecule has 2 aromatic heterocycles. The lowest BCUT2D eigenvalue weighted by Crippen LogP contribution is -2.16. The normalized spacial score (nSPS) is 10.9. The summed E-state index contributed by atoms with van der Waals surface area (Å²) in [5.74, 6) is -0.301. The first kappa shape index (κ1) is 16.0. The predicted molar refractivity (Wildman–Crippen MR) is 102 cm³/mol. The van der Waals surface area contributed by atoms with Crippen molar-refractivity contribution in [1.82, 2.24) is 9.55 Å². The Labute approximate surface area is 150 Å². The number of para-hydroxylation sites is 2. The number of anilines is 1. The van der Waals surface area contributed by atoms with Crippen molar-refractivity contribution in [2.24, 2.45) is 0 Å². The van der Waals surface area contributed by atoms with Crippen molar-refractivity contribution in [3.63, 3.8) is 0 Å². The zero-order valence-electron chi connectivity index (χ0n) is 14.1. The molecular formula is C21H17N3O2. The topological polar surface area (TPSA) is 64.0 Å². The van der Waals surface area contributed by atoms with E-state index in [2.05, 4.69) is 10.3 Å². The van der Waals surface area contributed by atoms with Crippen LogP contribution in [0.2, 0.25) is 0 Å². The number of amides is 1. The number of benzene rings is 2. The number of hydrogen-bond acceptors (Lipinski definition) is 3. The molecule has 0 atom stereocenters. The number of hydrogen-bond donors (Lipinski definition) is 1. The summed E-state index contributed by atoms with van der Waals surface area (Å²) >= 11 is 0. The first-order valence-electron chi connectivity index (χ1n) is 8.45.